The normalized spacial score (nSPS) is 15.7. The summed E-state index contributed by atoms with van der Waals surface area (Å²) in [5.41, 5.74) is 3.70. The van der Waals surface area contributed by atoms with E-state index < -0.39 is 46.7 Å². The number of rotatable bonds is 17. The molecule has 2 atom stereocenters. The van der Waals surface area contributed by atoms with Crippen LogP contribution in [0.2, 0.25) is 0 Å². The molecule has 1 aromatic heterocycles. The summed E-state index contributed by atoms with van der Waals surface area (Å²) in [5.74, 6) is -2.32. The maximum absolute atomic E-state index is 14.2. The van der Waals surface area contributed by atoms with E-state index in [2.05, 4.69) is 15.8 Å². The molecule has 3 heterocycles. The lowest BCUT2D eigenvalue weighted by molar-refractivity contribution is -0.153. The van der Waals surface area contributed by atoms with Gasteiger partial charge in [0.15, 0.2) is 22.3 Å². The van der Waals surface area contributed by atoms with Crippen molar-refractivity contribution in [2.24, 2.45) is 5.16 Å². The van der Waals surface area contributed by atoms with Crippen molar-refractivity contribution in [2.75, 3.05) is 25.3 Å². The van der Waals surface area contributed by atoms with Gasteiger partial charge in [0.2, 0.25) is 0 Å². The molecule has 350 valence electrons. The first-order chi connectivity index (χ1) is 33.5. The molecule has 0 spiro atoms. The molecule has 8 rings (SSSR count). The summed E-state index contributed by atoms with van der Waals surface area (Å²) in [6.45, 7) is 2.35. The number of anilines is 1. The number of amides is 2. The Hall–Kier alpha value is -8.02. The van der Waals surface area contributed by atoms with E-state index in [9.17, 15) is 24.0 Å². The molecule has 69 heavy (non-hydrogen) atoms. The van der Waals surface area contributed by atoms with Crippen molar-refractivity contribution in [1.29, 1.82) is 0 Å². The third-order valence-electron chi connectivity index (χ3n) is 11.0. The molecule has 0 unspecified atom stereocenters. The number of nitrogens with zero attached hydrogens (tertiary/aromatic N) is 3. The Morgan fingerprint density at radius 2 is 1.41 bits per heavy atom. The first-order valence-electron chi connectivity index (χ1n) is 21.5. The van der Waals surface area contributed by atoms with Gasteiger partial charge in [-0.05, 0) is 57.7 Å². The number of esters is 3. The monoisotopic (exact) mass is 963 g/mol. The van der Waals surface area contributed by atoms with Gasteiger partial charge in [0.1, 0.15) is 47.8 Å². The van der Waals surface area contributed by atoms with E-state index in [0.717, 1.165) is 16.7 Å². The van der Waals surface area contributed by atoms with Crippen molar-refractivity contribution in [2.45, 2.75) is 37.4 Å². The average molecular weight is 964 g/mol. The Bertz CT molecular complexity index is 2860. The standard InChI is InChI=1S/C52H45N5O10S2/c1-32(58)66-42-27-23-34(28-43(42)67-33(2)59)20-24-36-30-68-49-45(48(61)57(49)46(36)50(62)65-29-35-21-25-40(63-3)26-22-35)54-47(60)44(56-64-4)41-31-69-51(53-41)55-52(37-14-8-5-9-15-37,38-16-10-6-11-17-38)39-18-12-7-13-19-39/h5-28,31,45,49H,29-30H2,1-4H3,(H,53,55)(H,54,60)/t45-,49-/m1/s1. The van der Waals surface area contributed by atoms with E-state index in [1.165, 1.54) is 61.1 Å². The number of thioether (sulfide) groups is 1. The summed E-state index contributed by atoms with van der Waals surface area (Å²) in [6.07, 6.45) is 3.32. The summed E-state index contributed by atoms with van der Waals surface area (Å²) in [7, 11) is 2.86. The molecule has 5 aromatic carbocycles. The van der Waals surface area contributed by atoms with Crippen molar-refractivity contribution in [1.82, 2.24) is 15.2 Å². The third-order valence-corrected chi connectivity index (χ3v) is 13.1. The highest BCUT2D eigenvalue weighted by atomic mass is 32.2. The Morgan fingerprint density at radius 3 is 1.99 bits per heavy atom. The fourth-order valence-corrected chi connectivity index (χ4v) is 9.95. The van der Waals surface area contributed by atoms with Crippen molar-refractivity contribution >= 4 is 69.7 Å². The summed E-state index contributed by atoms with van der Waals surface area (Å²) >= 11 is 2.61. The first kappa shape index (κ1) is 47.5. The molecule has 15 nitrogen and oxygen atoms in total. The van der Waals surface area contributed by atoms with Crippen LogP contribution in [-0.4, -0.2) is 76.7 Å². The summed E-state index contributed by atoms with van der Waals surface area (Å²) in [4.78, 5) is 77.4. The molecular formula is C52H45N5O10S2. The number of aromatic nitrogens is 1. The molecule has 1 saturated heterocycles. The fourth-order valence-electron chi connectivity index (χ4n) is 7.88. The smallest absolute Gasteiger partial charge is 0.355 e. The number of carbonyl (C=O) groups is 5. The van der Waals surface area contributed by atoms with Crippen molar-refractivity contribution in [3.05, 3.63) is 190 Å². The Kier molecular flexibility index (Phi) is 14.7. The van der Waals surface area contributed by atoms with E-state index in [1.807, 2.05) is 91.0 Å². The van der Waals surface area contributed by atoms with Gasteiger partial charge in [-0.25, -0.2) is 9.78 Å². The van der Waals surface area contributed by atoms with Crippen molar-refractivity contribution < 1.29 is 47.8 Å². The van der Waals surface area contributed by atoms with Crippen molar-refractivity contribution in [3.63, 3.8) is 0 Å². The zero-order valence-electron chi connectivity index (χ0n) is 37.7. The van der Waals surface area contributed by atoms with Crippen LogP contribution in [0.25, 0.3) is 6.08 Å². The topological polar surface area (TPSA) is 184 Å². The lowest BCUT2D eigenvalue weighted by Gasteiger charge is -2.49. The van der Waals surface area contributed by atoms with Gasteiger partial charge < -0.3 is 34.4 Å². The molecular weight excluding hydrogens is 919 g/mol. The van der Waals surface area contributed by atoms with Gasteiger partial charge in [-0.3, -0.25) is 24.1 Å². The second-order valence-corrected chi connectivity index (χ2v) is 17.5. The predicted molar refractivity (Wildman–Crippen MR) is 261 cm³/mol. The predicted octanol–water partition coefficient (Wildman–Crippen LogP) is 7.87. The van der Waals surface area contributed by atoms with Crippen LogP contribution in [0.15, 0.2) is 161 Å². The van der Waals surface area contributed by atoms with Gasteiger partial charge >= 0.3 is 17.9 Å². The van der Waals surface area contributed by atoms with Crippen LogP contribution in [0.1, 0.15) is 47.4 Å². The van der Waals surface area contributed by atoms with Crippen LogP contribution in [0.3, 0.4) is 0 Å². The van der Waals surface area contributed by atoms with Gasteiger partial charge in [-0.1, -0.05) is 127 Å². The minimum absolute atomic E-state index is 0.00418. The van der Waals surface area contributed by atoms with Gasteiger partial charge in [0.05, 0.1) is 7.11 Å². The average Bonchev–Trinajstić information content (AvgIpc) is 3.83. The van der Waals surface area contributed by atoms with Gasteiger partial charge in [0.25, 0.3) is 11.8 Å². The van der Waals surface area contributed by atoms with Crippen molar-refractivity contribution in [3.8, 4) is 17.2 Å². The fraction of sp³-hybridized carbons (Fsp3) is 0.173. The lowest BCUT2D eigenvalue weighted by atomic mass is 9.77. The van der Waals surface area contributed by atoms with Crippen LogP contribution < -0.4 is 24.8 Å². The SMILES string of the molecule is CON=C(C(=O)N[C@@H]1C(=O)N2C(C(=O)OCc3ccc(OC)cc3)=C(C=Cc3ccc(OC(C)=O)c(OC(C)=O)c3)CS[C@H]12)c1csc(NC(c2ccccc2)(c2ccccc2)c2ccccc2)n1. The highest BCUT2D eigenvalue weighted by molar-refractivity contribution is 8.00. The zero-order chi connectivity index (χ0) is 48.5. The third kappa shape index (κ3) is 10.4. The van der Waals surface area contributed by atoms with Crippen LogP contribution in [0, 0.1) is 0 Å². The number of carbonyl (C=O) groups excluding carboxylic acids is 5. The minimum atomic E-state index is -1.06. The van der Waals surface area contributed by atoms with Crippen LogP contribution in [0.5, 0.6) is 17.2 Å². The molecule has 0 saturated carbocycles. The van der Waals surface area contributed by atoms with Crippen LogP contribution in [-0.2, 0) is 45.7 Å². The lowest BCUT2D eigenvalue weighted by Crippen LogP contribution is -2.71. The molecule has 1 fully saturated rings. The Balaban J connectivity index is 1.05. The number of oxime groups is 1. The molecule has 0 bridgehead atoms. The summed E-state index contributed by atoms with van der Waals surface area (Å²) in [6, 6.07) is 40.6. The maximum Gasteiger partial charge on any atom is 0.355 e. The van der Waals surface area contributed by atoms with Gasteiger partial charge in [-0.2, -0.15) is 0 Å². The number of benzene rings is 5. The quantitative estimate of drug-likeness (QED) is 0.0225. The Labute approximate surface area is 405 Å². The molecule has 2 amide bonds. The number of hydrogen-bond donors (Lipinski definition) is 2. The molecule has 2 N–H and O–H groups in total. The number of thiazole rings is 1. The van der Waals surface area contributed by atoms with Gasteiger partial charge in [-0.15, -0.1) is 23.1 Å². The highest BCUT2D eigenvalue weighted by Crippen LogP contribution is 2.43. The minimum Gasteiger partial charge on any atom is -0.497 e. The number of fused-ring (bicyclic) bond motifs is 1. The number of ether oxygens (including phenoxy) is 4. The number of allylic oxidation sites excluding steroid dienone is 1. The Morgan fingerprint density at radius 1 is 0.797 bits per heavy atom. The molecule has 17 heteroatoms. The second-order valence-electron chi connectivity index (χ2n) is 15.5. The number of β-lactam (4-membered cyclic amide) rings is 1. The van der Waals surface area contributed by atoms with E-state index in [1.54, 1.807) is 55.0 Å². The van der Waals surface area contributed by atoms with E-state index in [4.69, 9.17) is 28.8 Å². The molecule has 0 radical (unpaired) electrons. The maximum atomic E-state index is 14.2. The number of hydrogen-bond acceptors (Lipinski definition) is 15. The zero-order valence-corrected chi connectivity index (χ0v) is 39.4. The molecule has 2 aliphatic heterocycles. The molecule has 0 aliphatic carbocycles. The van der Waals surface area contributed by atoms with E-state index in [0.29, 0.717) is 27.6 Å². The molecule has 6 aromatic rings. The van der Waals surface area contributed by atoms with Gasteiger partial charge in [0, 0.05) is 25.0 Å². The number of methoxy groups -OCH3 is 1. The van der Waals surface area contributed by atoms with Crippen LogP contribution >= 0.6 is 23.1 Å². The number of nitrogens with one attached hydrogen (secondary N) is 2. The van der Waals surface area contributed by atoms with E-state index >= 15 is 0 Å². The first-order valence-corrected chi connectivity index (χ1v) is 23.4. The largest absolute Gasteiger partial charge is 0.497 e. The van der Waals surface area contributed by atoms with Crippen LogP contribution in [0.4, 0.5) is 5.13 Å². The summed E-state index contributed by atoms with van der Waals surface area (Å²) in [5, 5.41) is 12.1. The molecule has 2 aliphatic rings. The second kappa shape index (κ2) is 21.3. The summed E-state index contributed by atoms with van der Waals surface area (Å²) < 4.78 is 21.5. The highest BCUT2D eigenvalue weighted by Gasteiger charge is 2.54. The van der Waals surface area contributed by atoms with E-state index in [-0.39, 0.29) is 41.0 Å².